The van der Waals surface area contributed by atoms with Gasteiger partial charge in [0, 0.05) is 18.6 Å². The molecule has 0 aromatic carbocycles. The zero-order valence-electron chi connectivity index (χ0n) is 13.0. The van der Waals surface area contributed by atoms with Crippen molar-refractivity contribution in [1.82, 2.24) is 15.1 Å². The molecular formula is C16H33N3. The molecule has 3 heteroatoms. The standard InChI is InChI=1S/C16H33N3/c1-3-10-18-12-5-6-15(8-13-18)19(11-4-2)16-7-9-17-14-16/h15-17H,3-14H2,1-2H3. The second kappa shape index (κ2) is 8.23. The maximum Gasteiger partial charge on any atom is 0.0235 e. The summed E-state index contributed by atoms with van der Waals surface area (Å²) in [6.07, 6.45) is 8.15. The molecule has 19 heavy (non-hydrogen) atoms. The highest BCUT2D eigenvalue weighted by molar-refractivity contribution is 4.87. The van der Waals surface area contributed by atoms with Gasteiger partial charge in [-0.3, -0.25) is 4.90 Å². The molecule has 2 unspecified atom stereocenters. The van der Waals surface area contributed by atoms with Gasteiger partial charge in [-0.1, -0.05) is 13.8 Å². The molecule has 2 fully saturated rings. The molecule has 0 radical (unpaired) electrons. The summed E-state index contributed by atoms with van der Waals surface area (Å²) >= 11 is 0. The molecule has 2 atom stereocenters. The summed E-state index contributed by atoms with van der Waals surface area (Å²) in [4.78, 5) is 5.52. The molecule has 0 saturated carbocycles. The van der Waals surface area contributed by atoms with Crippen LogP contribution in [0.15, 0.2) is 0 Å². The molecule has 3 nitrogen and oxygen atoms in total. The summed E-state index contributed by atoms with van der Waals surface area (Å²) in [5, 5.41) is 3.54. The minimum atomic E-state index is 0.808. The Balaban J connectivity index is 1.89. The van der Waals surface area contributed by atoms with Crippen molar-refractivity contribution in [3.63, 3.8) is 0 Å². The van der Waals surface area contributed by atoms with Crippen LogP contribution in [0.2, 0.25) is 0 Å². The van der Waals surface area contributed by atoms with Crippen molar-refractivity contribution in [3.05, 3.63) is 0 Å². The lowest BCUT2D eigenvalue weighted by Crippen LogP contribution is -2.45. The van der Waals surface area contributed by atoms with Gasteiger partial charge in [0.05, 0.1) is 0 Å². The number of hydrogen-bond acceptors (Lipinski definition) is 3. The summed E-state index contributed by atoms with van der Waals surface area (Å²) in [7, 11) is 0. The Hall–Kier alpha value is -0.120. The van der Waals surface area contributed by atoms with Crippen molar-refractivity contribution in [1.29, 1.82) is 0 Å². The van der Waals surface area contributed by atoms with E-state index in [0.717, 1.165) is 12.1 Å². The van der Waals surface area contributed by atoms with Crippen LogP contribution in [0.25, 0.3) is 0 Å². The topological polar surface area (TPSA) is 18.5 Å². The average molecular weight is 267 g/mol. The highest BCUT2D eigenvalue weighted by Gasteiger charge is 2.29. The molecule has 2 saturated heterocycles. The van der Waals surface area contributed by atoms with Gasteiger partial charge in [-0.15, -0.1) is 0 Å². The molecule has 2 heterocycles. The molecule has 2 aliphatic heterocycles. The third kappa shape index (κ3) is 4.44. The number of nitrogens with one attached hydrogen (secondary N) is 1. The maximum absolute atomic E-state index is 3.54. The van der Waals surface area contributed by atoms with Gasteiger partial charge in [-0.25, -0.2) is 0 Å². The van der Waals surface area contributed by atoms with Crippen LogP contribution in [0, 0.1) is 0 Å². The molecule has 0 bridgehead atoms. The van der Waals surface area contributed by atoms with E-state index >= 15 is 0 Å². The first-order chi connectivity index (χ1) is 9.35. The van der Waals surface area contributed by atoms with Crippen LogP contribution in [-0.2, 0) is 0 Å². The van der Waals surface area contributed by atoms with E-state index in [-0.39, 0.29) is 0 Å². The van der Waals surface area contributed by atoms with Crippen LogP contribution in [0.4, 0.5) is 0 Å². The van der Waals surface area contributed by atoms with Crippen LogP contribution in [0.5, 0.6) is 0 Å². The fourth-order valence-electron chi connectivity index (χ4n) is 3.85. The minimum Gasteiger partial charge on any atom is -0.315 e. The molecule has 1 N–H and O–H groups in total. The first kappa shape index (κ1) is 15.3. The van der Waals surface area contributed by atoms with Crippen LogP contribution in [0.3, 0.4) is 0 Å². The Kier molecular flexibility index (Phi) is 6.62. The second-order valence-electron chi connectivity index (χ2n) is 6.31. The molecule has 2 rings (SSSR count). The lowest BCUT2D eigenvalue weighted by molar-refractivity contribution is 0.128. The van der Waals surface area contributed by atoms with E-state index < -0.39 is 0 Å². The van der Waals surface area contributed by atoms with Gasteiger partial charge in [0.1, 0.15) is 0 Å². The molecule has 0 spiro atoms. The largest absolute Gasteiger partial charge is 0.315 e. The third-order valence-corrected chi connectivity index (χ3v) is 4.78. The Morgan fingerprint density at radius 2 is 1.95 bits per heavy atom. The number of likely N-dealkylation sites (tertiary alicyclic amines) is 1. The van der Waals surface area contributed by atoms with Crippen molar-refractivity contribution in [3.8, 4) is 0 Å². The van der Waals surface area contributed by atoms with Gasteiger partial charge in [0.25, 0.3) is 0 Å². The smallest absolute Gasteiger partial charge is 0.0235 e. The van der Waals surface area contributed by atoms with E-state index in [9.17, 15) is 0 Å². The van der Waals surface area contributed by atoms with Crippen LogP contribution >= 0.6 is 0 Å². The van der Waals surface area contributed by atoms with E-state index in [1.54, 1.807) is 0 Å². The van der Waals surface area contributed by atoms with Crippen LogP contribution < -0.4 is 5.32 Å². The van der Waals surface area contributed by atoms with E-state index in [4.69, 9.17) is 0 Å². The quantitative estimate of drug-likeness (QED) is 0.797. The molecule has 0 aromatic rings. The zero-order chi connectivity index (χ0) is 13.5. The summed E-state index contributed by atoms with van der Waals surface area (Å²) in [5.74, 6) is 0. The Morgan fingerprint density at radius 1 is 1.05 bits per heavy atom. The number of hydrogen-bond donors (Lipinski definition) is 1. The Labute approximate surface area is 119 Å². The Bertz CT molecular complexity index is 238. The molecule has 2 aliphatic rings. The SMILES string of the molecule is CCCN1CCCC(N(CCC)C2CCNC2)CC1. The highest BCUT2D eigenvalue weighted by Crippen LogP contribution is 2.22. The summed E-state index contributed by atoms with van der Waals surface area (Å²) in [5.41, 5.74) is 0. The maximum atomic E-state index is 3.54. The lowest BCUT2D eigenvalue weighted by Gasteiger charge is -2.35. The van der Waals surface area contributed by atoms with E-state index in [0.29, 0.717) is 0 Å². The van der Waals surface area contributed by atoms with Crippen LogP contribution in [0.1, 0.15) is 52.4 Å². The van der Waals surface area contributed by atoms with E-state index in [1.165, 1.54) is 77.8 Å². The Morgan fingerprint density at radius 3 is 2.63 bits per heavy atom. The molecule has 0 aliphatic carbocycles. The van der Waals surface area contributed by atoms with Crippen molar-refractivity contribution < 1.29 is 0 Å². The predicted molar refractivity (Wildman–Crippen MR) is 82.6 cm³/mol. The van der Waals surface area contributed by atoms with E-state index in [1.807, 2.05) is 0 Å². The first-order valence-corrected chi connectivity index (χ1v) is 8.54. The van der Waals surface area contributed by atoms with Crippen molar-refractivity contribution in [2.24, 2.45) is 0 Å². The van der Waals surface area contributed by atoms with E-state index in [2.05, 4.69) is 29.0 Å². The molecule has 0 amide bonds. The first-order valence-electron chi connectivity index (χ1n) is 8.54. The fraction of sp³-hybridized carbons (Fsp3) is 1.00. The van der Waals surface area contributed by atoms with Crippen molar-refractivity contribution in [2.45, 2.75) is 64.5 Å². The van der Waals surface area contributed by atoms with Gasteiger partial charge in [0.2, 0.25) is 0 Å². The summed E-state index contributed by atoms with van der Waals surface area (Å²) in [6, 6.07) is 1.65. The number of nitrogens with zero attached hydrogens (tertiary/aromatic N) is 2. The lowest BCUT2D eigenvalue weighted by atomic mass is 10.0. The van der Waals surface area contributed by atoms with Crippen LogP contribution in [-0.4, -0.2) is 61.2 Å². The average Bonchev–Trinajstić information content (AvgIpc) is 2.84. The van der Waals surface area contributed by atoms with Crippen molar-refractivity contribution >= 4 is 0 Å². The molecular weight excluding hydrogens is 234 g/mol. The molecule has 112 valence electrons. The summed E-state index contributed by atoms with van der Waals surface area (Å²) in [6.45, 7) is 12.3. The third-order valence-electron chi connectivity index (χ3n) is 4.78. The monoisotopic (exact) mass is 267 g/mol. The highest BCUT2D eigenvalue weighted by atomic mass is 15.2. The van der Waals surface area contributed by atoms with Gasteiger partial charge < -0.3 is 10.2 Å². The van der Waals surface area contributed by atoms with Gasteiger partial charge in [-0.05, 0) is 71.2 Å². The zero-order valence-corrected chi connectivity index (χ0v) is 13.0. The summed E-state index contributed by atoms with van der Waals surface area (Å²) < 4.78 is 0. The minimum absolute atomic E-state index is 0.808. The predicted octanol–water partition coefficient (Wildman–Crippen LogP) is 2.32. The van der Waals surface area contributed by atoms with Gasteiger partial charge >= 0.3 is 0 Å². The molecule has 0 aromatic heterocycles. The fourth-order valence-corrected chi connectivity index (χ4v) is 3.85. The second-order valence-corrected chi connectivity index (χ2v) is 6.31. The number of rotatable bonds is 6. The van der Waals surface area contributed by atoms with Gasteiger partial charge in [0.15, 0.2) is 0 Å². The normalized spacial score (nSPS) is 29.8. The van der Waals surface area contributed by atoms with Gasteiger partial charge in [-0.2, -0.15) is 0 Å². The van der Waals surface area contributed by atoms with Crippen molar-refractivity contribution in [2.75, 3.05) is 39.3 Å².